The first-order valence-corrected chi connectivity index (χ1v) is 6.02. The lowest BCUT2D eigenvalue weighted by molar-refractivity contribution is -0.137. The normalized spacial score (nSPS) is 11.4. The lowest BCUT2D eigenvalue weighted by atomic mass is 10.2. The highest BCUT2D eigenvalue weighted by molar-refractivity contribution is 5.75. The molecule has 3 N–H and O–H groups in total. The Morgan fingerprint density at radius 3 is 2.63 bits per heavy atom. The summed E-state index contributed by atoms with van der Waals surface area (Å²) in [6.45, 7) is 2.33. The van der Waals surface area contributed by atoms with E-state index in [2.05, 4.69) is 10.6 Å². The third-order valence-corrected chi connectivity index (χ3v) is 2.26. The number of amides is 2. The van der Waals surface area contributed by atoms with Gasteiger partial charge in [0.05, 0.1) is 13.0 Å². The van der Waals surface area contributed by atoms with E-state index in [-0.39, 0.29) is 6.42 Å². The first-order chi connectivity index (χ1) is 9.08. The number of carboxylic acid groups (broad SMARTS) is 1. The van der Waals surface area contributed by atoms with Gasteiger partial charge in [0.2, 0.25) is 0 Å². The summed E-state index contributed by atoms with van der Waals surface area (Å²) in [5.41, 5.74) is 0. The summed E-state index contributed by atoms with van der Waals surface area (Å²) in [5.74, 6) is -0.204. The SMILES string of the molecule is CC(CC(=O)O)NC(=O)NCCOc1ccccc1. The van der Waals surface area contributed by atoms with Crippen LogP contribution in [0.1, 0.15) is 13.3 Å². The number of nitrogens with one attached hydrogen (secondary N) is 2. The first kappa shape index (κ1) is 14.8. The van der Waals surface area contributed by atoms with Crippen LogP contribution in [0.25, 0.3) is 0 Å². The molecule has 1 aromatic rings. The molecule has 0 spiro atoms. The largest absolute Gasteiger partial charge is 0.492 e. The van der Waals surface area contributed by atoms with E-state index in [0.717, 1.165) is 5.75 Å². The lowest BCUT2D eigenvalue weighted by Crippen LogP contribution is -2.42. The number of aliphatic carboxylic acids is 1. The Labute approximate surface area is 111 Å². The maximum atomic E-state index is 11.4. The third kappa shape index (κ3) is 6.92. The van der Waals surface area contributed by atoms with Crippen molar-refractivity contribution in [2.75, 3.05) is 13.2 Å². The fourth-order valence-electron chi connectivity index (χ4n) is 1.44. The van der Waals surface area contributed by atoms with Gasteiger partial charge in [-0.15, -0.1) is 0 Å². The number of hydrogen-bond donors (Lipinski definition) is 3. The molecule has 0 saturated carbocycles. The summed E-state index contributed by atoms with van der Waals surface area (Å²) in [6.07, 6.45) is -0.103. The van der Waals surface area contributed by atoms with Crippen LogP contribution in [0.2, 0.25) is 0 Å². The minimum absolute atomic E-state index is 0.103. The quantitative estimate of drug-likeness (QED) is 0.648. The van der Waals surface area contributed by atoms with E-state index in [1.807, 2.05) is 30.3 Å². The van der Waals surface area contributed by atoms with Crippen molar-refractivity contribution >= 4 is 12.0 Å². The molecule has 0 aliphatic carbocycles. The highest BCUT2D eigenvalue weighted by Gasteiger charge is 2.09. The summed E-state index contributed by atoms with van der Waals surface area (Å²) in [6, 6.07) is 8.47. The summed E-state index contributed by atoms with van der Waals surface area (Å²) in [4.78, 5) is 21.8. The Morgan fingerprint density at radius 2 is 2.00 bits per heavy atom. The van der Waals surface area contributed by atoms with Gasteiger partial charge in [0.15, 0.2) is 0 Å². The molecule has 0 radical (unpaired) electrons. The molecule has 6 nitrogen and oxygen atoms in total. The number of urea groups is 1. The topological polar surface area (TPSA) is 87.7 Å². The Bertz CT molecular complexity index is 408. The zero-order valence-corrected chi connectivity index (χ0v) is 10.8. The average molecular weight is 266 g/mol. The molecule has 1 atom stereocenters. The van der Waals surface area contributed by atoms with Gasteiger partial charge < -0.3 is 20.5 Å². The summed E-state index contributed by atoms with van der Waals surface area (Å²) >= 11 is 0. The number of para-hydroxylation sites is 1. The second kappa shape index (κ2) is 7.97. The van der Waals surface area contributed by atoms with Crippen LogP contribution >= 0.6 is 0 Å². The van der Waals surface area contributed by atoms with E-state index in [0.29, 0.717) is 13.2 Å². The molecular formula is C13H18N2O4. The Morgan fingerprint density at radius 1 is 1.32 bits per heavy atom. The van der Waals surface area contributed by atoms with Crippen LogP contribution in [0, 0.1) is 0 Å². The van der Waals surface area contributed by atoms with E-state index < -0.39 is 18.0 Å². The van der Waals surface area contributed by atoms with Crippen LogP contribution in [0.5, 0.6) is 5.75 Å². The van der Waals surface area contributed by atoms with Gasteiger partial charge in [-0.1, -0.05) is 18.2 Å². The number of carbonyl (C=O) groups is 2. The Hall–Kier alpha value is -2.24. The number of hydrogen-bond acceptors (Lipinski definition) is 3. The van der Waals surface area contributed by atoms with Crippen molar-refractivity contribution < 1.29 is 19.4 Å². The first-order valence-electron chi connectivity index (χ1n) is 6.02. The standard InChI is InChI=1S/C13H18N2O4/c1-10(9-12(16)17)15-13(18)14-7-8-19-11-5-3-2-4-6-11/h2-6,10H,7-9H2,1H3,(H,16,17)(H2,14,15,18). The molecule has 2 amide bonds. The van der Waals surface area contributed by atoms with Crippen LogP contribution in [0.3, 0.4) is 0 Å². The minimum atomic E-state index is -0.944. The molecule has 0 heterocycles. The van der Waals surface area contributed by atoms with E-state index >= 15 is 0 Å². The second-order valence-corrected chi connectivity index (χ2v) is 4.06. The predicted molar refractivity (Wildman–Crippen MR) is 70.2 cm³/mol. The van der Waals surface area contributed by atoms with E-state index in [4.69, 9.17) is 9.84 Å². The lowest BCUT2D eigenvalue weighted by Gasteiger charge is -2.12. The molecule has 0 aromatic heterocycles. The van der Waals surface area contributed by atoms with E-state index in [1.165, 1.54) is 0 Å². The fourth-order valence-corrected chi connectivity index (χ4v) is 1.44. The molecule has 19 heavy (non-hydrogen) atoms. The van der Waals surface area contributed by atoms with Crippen molar-refractivity contribution in [3.63, 3.8) is 0 Å². The Balaban J connectivity index is 2.12. The predicted octanol–water partition coefficient (Wildman–Crippen LogP) is 1.23. The molecule has 1 aromatic carbocycles. The van der Waals surface area contributed by atoms with Crippen LogP contribution in [0.4, 0.5) is 4.79 Å². The molecule has 1 unspecified atom stereocenters. The van der Waals surface area contributed by atoms with Crippen LogP contribution in [-0.2, 0) is 4.79 Å². The average Bonchev–Trinajstić information content (AvgIpc) is 2.35. The van der Waals surface area contributed by atoms with Crippen molar-refractivity contribution in [2.24, 2.45) is 0 Å². The van der Waals surface area contributed by atoms with Gasteiger partial charge in [-0.2, -0.15) is 0 Å². The van der Waals surface area contributed by atoms with Gasteiger partial charge in [0.1, 0.15) is 12.4 Å². The monoisotopic (exact) mass is 266 g/mol. The van der Waals surface area contributed by atoms with E-state index in [1.54, 1.807) is 6.92 Å². The summed E-state index contributed by atoms with van der Waals surface area (Å²) < 4.78 is 5.39. The number of benzene rings is 1. The van der Waals surface area contributed by atoms with E-state index in [9.17, 15) is 9.59 Å². The van der Waals surface area contributed by atoms with Gasteiger partial charge in [-0.05, 0) is 19.1 Å². The number of ether oxygens (including phenoxy) is 1. The molecule has 0 saturated heterocycles. The highest BCUT2D eigenvalue weighted by atomic mass is 16.5. The number of carboxylic acids is 1. The fraction of sp³-hybridized carbons (Fsp3) is 0.385. The maximum Gasteiger partial charge on any atom is 0.315 e. The third-order valence-electron chi connectivity index (χ3n) is 2.26. The molecule has 0 fully saturated rings. The highest BCUT2D eigenvalue weighted by Crippen LogP contribution is 2.07. The van der Waals surface area contributed by atoms with Crippen molar-refractivity contribution in [3.05, 3.63) is 30.3 Å². The molecule has 6 heteroatoms. The van der Waals surface area contributed by atoms with Gasteiger partial charge in [-0.3, -0.25) is 4.79 Å². The van der Waals surface area contributed by atoms with Crippen molar-refractivity contribution in [1.82, 2.24) is 10.6 Å². The molecule has 1 rings (SSSR count). The second-order valence-electron chi connectivity index (χ2n) is 4.06. The Kier molecular flexibility index (Phi) is 6.21. The van der Waals surface area contributed by atoms with Crippen LogP contribution in [-0.4, -0.2) is 36.3 Å². The number of rotatable bonds is 7. The van der Waals surface area contributed by atoms with Crippen LogP contribution < -0.4 is 15.4 Å². The van der Waals surface area contributed by atoms with Gasteiger partial charge in [0.25, 0.3) is 0 Å². The van der Waals surface area contributed by atoms with Crippen molar-refractivity contribution in [3.8, 4) is 5.75 Å². The molecule has 104 valence electrons. The van der Waals surface area contributed by atoms with Crippen molar-refractivity contribution in [2.45, 2.75) is 19.4 Å². The summed E-state index contributed by atoms with van der Waals surface area (Å²) in [7, 11) is 0. The molecular weight excluding hydrogens is 248 g/mol. The maximum absolute atomic E-state index is 11.4. The minimum Gasteiger partial charge on any atom is -0.492 e. The summed E-state index contributed by atoms with van der Waals surface area (Å²) in [5, 5.41) is 13.7. The molecule has 0 aliphatic heterocycles. The van der Waals surface area contributed by atoms with Crippen molar-refractivity contribution in [1.29, 1.82) is 0 Å². The molecule has 0 bridgehead atoms. The number of carbonyl (C=O) groups excluding carboxylic acids is 1. The smallest absolute Gasteiger partial charge is 0.315 e. The zero-order chi connectivity index (χ0) is 14.1. The molecule has 0 aliphatic rings. The van der Waals surface area contributed by atoms with Gasteiger partial charge >= 0.3 is 12.0 Å². The van der Waals surface area contributed by atoms with Gasteiger partial charge in [-0.25, -0.2) is 4.79 Å². The van der Waals surface area contributed by atoms with Crippen LogP contribution in [0.15, 0.2) is 30.3 Å². The van der Waals surface area contributed by atoms with Gasteiger partial charge in [0, 0.05) is 6.04 Å². The zero-order valence-electron chi connectivity index (χ0n) is 10.8.